The van der Waals surface area contributed by atoms with Crippen LogP contribution in [0.5, 0.6) is 0 Å². The maximum Gasteiger partial charge on any atom is 0.243 e. The van der Waals surface area contributed by atoms with Gasteiger partial charge in [-0.2, -0.15) is 9.40 Å². The summed E-state index contributed by atoms with van der Waals surface area (Å²) >= 11 is 0. The Morgan fingerprint density at radius 3 is 2.70 bits per heavy atom. The molecule has 4 rings (SSSR count). The van der Waals surface area contributed by atoms with Crippen molar-refractivity contribution < 1.29 is 13.5 Å². The van der Waals surface area contributed by atoms with E-state index in [1.165, 1.54) is 10.6 Å². The number of fused-ring (bicyclic) bond motifs is 1. The van der Waals surface area contributed by atoms with Crippen LogP contribution in [0.25, 0.3) is 16.9 Å². The highest BCUT2D eigenvalue weighted by atomic mass is 32.2. The van der Waals surface area contributed by atoms with Gasteiger partial charge in [-0.1, -0.05) is 6.07 Å². The molecule has 0 amide bonds. The smallest absolute Gasteiger partial charge is 0.243 e. The number of rotatable bonds is 3. The fourth-order valence-electron chi connectivity index (χ4n) is 3.29. The summed E-state index contributed by atoms with van der Waals surface area (Å²) in [5, 5.41) is 13.8. The second-order valence-corrected chi connectivity index (χ2v) is 8.57. The van der Waals surface area contributed by atoms with Gasteiger partial charge in [0.05, 0.1) is 22.9 Å². The normalized spacial score (nSPS) is 16.8. The van der Waals surface area contributed by atoms with Gasteiger partial charge in [-0.15, -0.1) is 0 Å². The number of aliphatic hydroxyl groups is 1. The number of hydrogen-bond acceptors (Lipinski definition) is 7. The first-order valence-electron chi connectivity index (χ1n) is 8.61. The number of nitrogens with two attached hydrogens (primary N) is 1. The van der Waals surface area contributed by atoms with Gasteiger partial charge in [-0.3, -0.25) is 0 Å². The van der Waals surface area contributed by atoms with Gasteiger partial charge in [-0.25, -0.2) is 22.9 Å². The van der Waals surface area contributed by atoms with E-state index in [-0.39, 0.29) is 10.7 Å². The third-order valence-corrected chi connectivity index (χ3v) is 6.77. The lowest BCUT2D eigenvalue weighted by Crippen LogP contribution is -2.40. The Morgan fingerprint density at radius 1 is 1.22 bits per heavy atom. The molecule has 0 unspecified atom stereocenters. The number of piperidine rings is 1. The van der Waals surface area contributed by atoms with E-state index in [0.29, 0.717) is 42.8 Å². The van der Waals surface area contributed by atoms with Crippen LogP contribution in [0, 0.1) is 6.92 Å². The Hall–Kier alpha value is -2.56. The first-order valence-corrected chi connectivity index (χ1v) is 10.1. The molecule has 1 aliphatic rings. The zero-order valence-corrected chi connectivity index (χ0v) is 15.6. The van der Waals surface area contributed by atoms with Crippen LogP contribution in [0.2, 0.25) is 0 Å². The van der Waals surface area contributed by atoms with Crippen molar-refractivity contribution >= 4 is 21.5 Å². The van der Waals surface area contributed by atoms with E-state index in [2.05, 4.69) is 15.1 Å². The predicted octanol–water partition coefficient (Wildman–Crippen LogP) is 0.827. The minimum Gasteiger partial charge on any atom is -0.393 e. The zero-order valence-electron chi connectivity index (χ0n) is 14.8. The first-order chi connectivity index (χ1) is 12.9. The number of anilines is 1. The minimum absolute atomic E-state index is 0.205. The molecule has 2 aromatic heterocycles. The van der Waals surface area contributed by atoms with Crippen molar-refractivity contribution in [2.45, 2.75) is 30.8 Å². The Kier molecular flexibility index (Phi) is 4.33. The van der Waals surface area contributed by atoms with Crippen molar-refractivity contribution in [1.82, 2.24) is 23.9 Å². The highest BCUT2D eigenvalue weighted by Crippen LogP contribution is 2.29. The summed E-state index contributed by atoms with van der Waals surface area (Å²) in [5.74, 6) is 0.254. The number of sulfonamides is 1. The largest absolute Gasteiger partial charge is 0.393 e. The maximum atomic E-state index is 13.0. The third-order valence-electron chi connectivity index (χ3n) is 4.88. The quantitative estimate of drug-likeness (QED) is 0.680. The Balaban J connectivity index is 1.79. The molecule has 0 spiro atoms. The van der Waals surface area contributed by atoms with Crippen LogP contribution in [0.1, 0.15) is 18.4 Å². The fraction of sp³-hybridized carbons (Fsp3) is 0.353. The van der Waals surface area contributed by atoms with Crippen molar-refractivity contribution in [1.29, 1.82) is 0 Å². The van der Waals surface area contributed by atoms with Crippen LogP contribution in [0.15, 0.2) is 35.6 Å². The van der Waals surface area contributed by atoms with Gasteiger partial charge in [0.1, 0.15) is 6.33 Å². The maximum absolute atomic E-state index is 13.0. The molecule has 0 radical (unpaired) electrons. The molecular weight excluding hydrogens is 368 g/mol. The number of nitrogens with zero attached hydrogens (tertiary/aromatic N) is 5. The van der Waals surface area contributed by atoms with Crippen molar-refractivity contribution in [2.24, 2.45) is 0 Å². The van der Waals surface area contributed by atoms with Crippen LogP contribution in [0.3, 0.4) is 0 Å². The van der Waals surface area contributed by atoms with Crippen LogP contribution in [-0.4, -0.2) is 56.6 Å². The topological polar surface area (TPSA) is 127 Å². The SMILES string of the molecule is Cc1ccc(S(=O)(=O)N2CCC(O)CC2)cc1-c1cnc2c(N)ncnn12. The molecule has 3 heterocycles. The average molecular weight is 388 g/mol. The van der Waals surface area contributed by atoms with Crippen LogP contribution < -0.4 is 5.73 Å². The number of hydrogen-bond donors (Lipinski definition) is 2. The standard InChI is InChI=1S/C17H20N6O3S/c1-11-2-3-13(27(25,26)22-6-4-12(24)5-7-22)8-14(11)15-9-19-17-16(18)20-10-21-23(15)17/h2-3,8-10,12,24H,4-7H2,1H3,(H2,18,20,21). The van der Waals surface area contributed by atoms with Gasteiger partial charge < -0.3 is 10.8 Å². The number of aromatic nitrogens is 4. The molecule has 142 valence electrons. The Labute approximate surface area is 156 Å². The molecule has 10 heteroatoms. The number of aryl methyl sites for hydroxylation is 1. The summed E-state index contributed by atoms with van der Waals surface area (Å²) in [6.07, 6.45) is 3.40. The van der Waals surface area contributed by atoms with E-state index in [4.69, 9.17) is 5.73 Å². The molecule has 0 bridgehead atoms. The zero-order chi connectivity index (χ0) is 19.2. The van der Waals surface area contributed by atoms with Crippen molar-refractivity contribution in [2.75, 3.05) is 18.8 Å². The van der Waals surface area contributed by atoms with E-state index >= 15 is 0 Å². The van der Waals surface area contributed by atoms with Gasteiger partial charge in [0.2, 0.25) is 10.0 Å². The summed E-state index contributed by atoms with van der Waals surface area (Å²) in [7, 11) is -3.64. The molecule has 1 aliphatic heterocycles. The van der Waals surface area contributed by atoms with Crippen LogP contribution in [0.4, 0.5) is 5.82 Å². The molecular formula is C17H20N6O3S. The molecule has 0 saturated carbocycles. The van der Waals surface area contributed by atoms with E-state index < -0.39 is 16.1 Å². The minimum atomic E-state index is -3.64. The average Bonchev–Trinajstić information content (AvgIpc) is 3.08. The lowest BCUT2D eigenvalue weighted by Gasteiger charge is -2.28. The number of aliphatic hydroxyl groups excluding tert-OH is 1. The van der Waals surface area contributed by atoms with Crippen LogP contribution >= 0.6 is 0 Å². The molecule has 3 N–H and O–H groups in total. The summed E-state index contributed by atoms with van der Waals surface area (Å²) in [6, 6.07) is 5.01. The second-order valence-electron chi connectivity index (χ2n) is 6.64. The lowest BCUT2D eigenvalue weighted by molar-refractivity contribution is 0.113. The van der Waals surface area contributed by atoms with Crippen molar-refractivity contribution in [3.05, 3.63) is 36.3 Å². The molecule has 0 aliphatic carbocycles. The summed E-state index contributed by atoms with van der Waals surface area (Å²) in [4.78, 5) is 8.38. The summed E-state index contributed by atoms with van der Waals surface area (Å²) in [6.45, 7) is 2.52. The van der Waals surface area contributed by atoms with E-state index in [1.807, 2.05) is 6.92 Å². The molecule has 1 fully saturated rings. The van der Waals surface area contributed by atoms with Crippen molar-refractivity contribution in [3.63, 3.8) is 0 Å². The predicted molar refractivity (Wildman–Crippen MR) is 99.4 cm³/mol. The molecule has 0 atom stereocenters. The molecule has 27 heavy (non-hydrogen) atoms. The van der Waals surface area contributed by atoms with Crippen LogP contribution in [-0.2, 0) is 10.0 Å². The van der Waals surface area contributed by atoms with E-state index in [1.54, 1.807) is 28.9 Å². The molecule has 1 saturated heterocycles. The summed E-state index contributed by atoms with van der Waals surface area (Å²) < 4.78 is 29.0. The monoisotopic (exact) mass is 388 g/mol. The Morgan fingerprint density at radius 2 is 1.96 bits per heavy atom. The van der Waals surface area contributed by atoms with Gasteiger partial charge in [0.25, 0.3) is 0 Å². The van der Waals surface area contributed by atoms with Gasteiger partial charge in [-0.05, 0) is 37.5 Å². The Bertz CT molecular complexity index is 1100. The molecule has 9 nitrogen and oxygen atoms in total. The highest BCUT2D eigenvalue weighted by Gasteiger charge is 2.29. The van der Waals surface area contributed by atoms with E-state index in [9.17, 15) is 13.5 Å². The number of benzene rings is 1. The fourth-order valence-corrected chi connectivity index (χ4v) is 4.78. The highest BCUT2D eigenvalue weighted by molar-refractivity contribution is 7.89. The number of nitrogen functional groups attached to an aromatic ring is 1. The molecule has 1 aromatic carbocycles. The number of imidazole rings is 1. The lowest BCUT2D eigenvalue weighted by atomic mass is 10.1. The third kappa shape index (κ3) is 3.05. The van der Waals surface area contributed by atoms with Gasteiger partial charge in [0.15, 0.2) is 11.5 Å². The summed E-state index contributed by atoms with van der Waals surface area (Å²) in [5.41, 5.74) is 8.50. The van der Waals surface area contributed by atoms with Crippen molar-refractivity contribution in [3.8, 4) is 11.3 Å². The second kappa shape index (κ2) is 6.55. The first kappa shape index (κ1) is 17.8. The van der Waals surface area contributed by atoms with E-state index in [0.717, 1.165) is 5.56 Å². The molecule has 3 aromatic rings. The van der Waals surface area contributed by atoms with Gasteiger partial charge in [0, 0.05) is 18.7 Å². The van der Waals surface area contributed by atoms with Gasteiger partial charge >= 0.3 is 0 Å².